The summed E-state index contributed by atoms with van der Waals surface area (Å²) in [4.78, 5) is 0. The molecule has 72 valence electrons. The van der Waals surface area contributed by atoms with Crippen molar-refractivity contribution in [2.75, 3.05) is 0 Å². The molecule has 0 saturated carbocycles. The lowest BCUT2D eigenvalue weighted by atomic mass is 9.90. The first-order valence-electron chi connectivity index (χ1n) is 5.29. The van der Waals surface area contributed by atoms with E-state index in [1.54, 1.807) is 5.57 Å². The number of hydrogen-bond acceptors (Lipinski definition) is 0. The van der Waals surface area contributed by atoms with Gasteiger partial charge < -0.3 is 0 Å². The zero-order valence-electron chi connectivity index (χ0n) is 9.41. The summed E-state index contributed by atoms with van der Waals surface area (Å²) in [5.41, 5.74) is 3.23. The molecule has 0 fully saturated rings. The molecule has 1 unspecified atom stereocenters. The normalized spacial score (nSPS) is 12.8. The minimum absolute atomic E-state index is 0.793. The highest BCUT2D eigenvalue weighted by Crippen LogP contribution is 2.23. The largest absolute Gasteiger partial charge is 0.0770 e. The molecule has 0 heterocycles. The van der Waals surface area contributed by atoms with Crippen LogP contribution in [0.5, 0.6) is 0 Å². The summed E-state index contributed by atoms with van der Waals surface area (Å²) >= 11 is 0. The maximum atomic E-state index is 2.35. The second-order valence-electron chi connectivity index (χ2n) is 3.94. The topological polar surface area (TPSA) is 0 Å². The van der Waals surface area contributed by atoms with E-state index >= 15 is 0 Å². The Kier molecular flexibility index (Phi) is 6.14. The first-order chi connectivity index (χ1) is 5.63. The van der Waals surface area contributed by atoms with E-state index in [0.717, 1.165) is 5.92 Å². The molecule has 0 rings (SSSR count). The molecular weight excluding hydrogens is 144 g/mol. The fourth-order valence-corrected chi connectivity index (χ4v) is 1.60. The van der Waals surface area contributed by atoms with Gasteiger partial charge >= 0.3 is 0 Å². The number of rotatable bonds is 5. The van der Waals surface area contributed by atoms with Crippen LogP contribution in [0.2, 0.25) is 0 Å². The minimum Gasteiger partial charge on any atom is -0.0770 e. The van der Waals surface area contributed by atoms with E-state index < -0.39 is 0 Å². The van der Waals surface area contributed by atoms with E-state index in [9.17, 15) is 0 Å². The molecule has 0 nitrogen and oxygen atoms in total. The van der Waals surface area contributed by atoms with Crippen LogP contribution in [0.1, 0.15) is 60.3 Å². The molecule has 1 atom stereocenters. The van der Waals surface area contributed by atoms with Crippen molar-refractivity contribution in [1.29, 1.82) is 0 Å². The van der Waals surface area contributed by atoms with Gasteiger partial charge in [0.05, 0.1) is 0 Å². The van der Waals surface area contributed by atoms with Gasteiger partial charge in [0.2, 0.25) is 0 Å². The first-order valence-corrected chi connectivity index (χ1v) is 5.29. The molecule has 0 aliphatic rings. The van der Waals surface area contributed by atoms with Crippen molar-refractivity contribution in [3.8, 4) is 0 Å². The Balaban J connectivity index is 4.15. The van der Waals surface area contributed by atoms with Crippen LogP contribution in [-0.2, 0) is 0 Å². The Morgan fingerprint density at radius 1 is 1.17 bits per heavy atom. The van der Waals surface area contributed by atoms with Gasteiger partial charge in [0, 0.05) is 0 Å². The van der Waals surface area contributed by atoms with E-state index in [0.29, 0.717) is 0 Å². The van der Waals surface area contributed by atoms with Gasteiger partial charge in [-0.05, 0) is 39.0 Å². The molecule has 0 bridgehead atoms. The van der Waals surface area contributed by atoms with E-state index in [1.807, 2.05) is 0 Å². The second-order valence-corrected chi connectivity index (χ2v) is 3.94. The molecule has 0 amide bonds. The fraction of sp³-hybridized carbons (Fsp3) is 0.833. The van der Waals surface area contributed by atoms with Gasteiger partial charge in [-0.3, -0.25) is 0 Å². The highest BCUT2D eigenvalue weighted by molar-refractivity contribution is 5.12. The van der Waals surface area contributed by atoms with Crippen LogP contribution >= 0.6 is 0 Å². The molecule has 0 saturated heterocycles. The van der Waals surface area contributed by atoms with Gasteiger partial charge in [-0.1, -0.05) is 38.3 Å². The Bertz CT molecular complexity index is 138. The molecule has 0 aromatic carbocycles. The van der Waals surface area contributed by atoms with Crippen molar-refractivity contribution < 1.29 is 0 Å². The summed E-state index contributed by atoms with van der Waals surface area (Å²) < 4.78 is 0. The van der Waals surface area contributed by atoms with Crippen LogP contribution in [0.4, 0.5) is 0 Å². The van der Waals surface area contributed by atoms with Crippen molar-refractivity contribution >= 4 is 0 Å². The highest BCUT2D eigenvalue weighted by Gasteiger charge is 2.06. The third-order valence-corrected chi connectivity index (χ3v) is 2.65. The van der Waals surface area contributed by atoms with Crippen molar-refractivity contribution in [2.24, 2.45) is 5.92 Å². The van der Waals surface area contributed by atoms with Gasteiger partial charge in [-0.15, -0.1) is 0 Å². The first kappa shape index (κ1) is 11.7. The minimum atomic E-state index is 0.793. The zero-order chi connectivity index (χ0) is 9.56. The molecule has 0 heteroatoms. The highest BCUT2D eigenvalue weighted by atomic mass is 14.1. The molecule has 0 radical (unpaired) electrons. The summed E-state index contributed by atoms with van der Waals surface area (Å²) in [6, 6.07) is 0. The standard InChI is InChI=1S/C12H24/c1-6-8-9-12(10(3)4)11(5)7-2/h11H,6-9H2,1-5H3. The summed E-state index contributed by atoms with van der Waals surface area (Å²) in [5, 5.41) is 0. The summed E-state index contributed by atoms with van der Waals surface area (Å²) in [6.45, 7) is 11.4. The van der Waals surface area contributed by atoms with Gasteiger partial charge in [-0.2, -0.15) is 0 Å². The number of hydrogen-bond donors (Lipinski definition) is 0. The smallest absolute Gasteiger partial charge is 0.0232 e. The van der Waals surface area contributed by atoms with Crippen LogP contribution in [0, 0.1) is 5.92 Å². The lowest BCUT2D eigenvalue weighted by Crippen LogP contribution is -2.00. The Morgan fingerprint density at radius 2 is 1.75 bits per heavy atom. The van der Waals surface area contributed by atoms with Crippen LogP contribution < -0.4 is 0 Å². The third-order valence-electron chi connectivity index (χ3n) is 2.65. The van der Waals surface area contributed by atoms with Crippen molar-refractivity contribution in [1.82, 2.24) is 0 Å². The summed E-state index contributed by atoms with van der Waals surface area (Å²) in [5.74, 6) is 0.793. The molecule has 0 aliphatic carbocycles. The van der Waals surface area contributed by atoms with E-state index in [-0.39, 0.29) is 0 Å². The van der Waals surface area contributed by atoms with Crippen LogP contribution in [0.15, 0.2) is 11.1 Å². The molecule has 0 aromatic heterocycles. The van der Waals surface area contributed by atoms with E-state index in [2.05, 4.69) is 34.6 Å². The zero-order valence-corrected chi connectivity index (χ0v) is 9.41. The van der Waals surface area contributed by atoms with Crippen LogP contribution in [0.25, 0.3) is 0 Å². The maximum absolute atomic E-state index is 2.35. The third kappa shape index (κ3) is 3.94. The Morgan fingerprint density at radius 3 is 2.08 bits per heavy atom. The van der Waals surface area contributed by atoms with Gasteiger partial charge in [0.15, 0.2) is 0 Å². The van der Waals surface area contributed by atoms with Crippen molar-refractivity contribution in [3.05, 3.63) is 11.1 Å². The van der Waals surface area contributed by atoms with Crippen molar-refractivity contribution in [2.45, 2.75) is 60.3 Å². The van der Waals surface area contributed by atoms with Gasteiger partial charge in [0.25, 0.3) is 0 Å². The van der Waals surface area contributed by atoms with Crippen LogP contribution in [0.3, 0.4) is 0 Å². The predicted molar refractivity (Wildman–Crippen MR) is 57.4 cm³/mol. The van der Waals surface area contributed by atoms with E-state index in [4.69, 9.17) is 0 Å². The Hall–Kier alpha value is -0.260. The average Bonchev–Trinajstić information content (AvgIpc) is 2.04. The lowest BCUT2D eigenvalue weighted by Gasteiger charge is -2.16. The second kappa shape index (κ2) is 6.28. The molecule has 12 heavy (non-hydrogen) atoms. The molecule has 0 aromatic rings. The van der Waals surface area contributed by atoms with Crippen LogP contribution in [-0.4, -0.2) is 0 Å². The predicted octanol–water partition coefficient (Wildman–Crippen LogP) is 4.56. The van der Waals surface area contributed by atoms with Gasteiger partial charge in [-0.25, -0.2) is 0 Å². The average molecular weight is 168 g/mol. The van der Waals surface area contributed by atoms with Crippen molar-refractivity contribution in [3.63, 3.8) is 0 Å². The van der Waals surface area contributed by atoms with E-state index in [1.165, 1.54) is 31.3 Å². The maximum Gasteiger partial charge on any atom is -0.0232 e. The molecule has 0 aliphatic heterocycles. The SMILES string of the molecule is CCCCC(=C(C)C)C(C)CC. The number of allylic oxidation sites excluding steroid dienone is 2. The molecular formula is C12H24. The molecule has 0 N–H and O–H groups in total. The number of unbranched alkanes of at least 4 members (excludes halogenated alkanes) is 1. The van der Waals surface area contributed by atoms with Gasteiger partial charge in [0.1, 0.15) is 0 Å². The monoisotopic (exact) mass is 168 g/mol. The fourth-order valence-electron chi connectivity index (χ4n) is 1.60. The Labute approximate surface area is 78.1 Å². The molecule has 0 spiro atoms. The summed E-state index contributed by atoms with van der Waals surface area (Å²) in [7, 11) is 0. The summed E-state index contributed by atoms with van der Waals surface area (Å²) in [6.07, 6.45) is 5.26. The lowest BCUT2D eigenvalue weighted by molar-refractivity contribution is 0.598. The quantitative estimate of drug-likeness (QED) is 0.528.